The maximum Gasteiger partial charge on any atom is 0.202 e. The van der Waals surface area contributed by atoms with Gasteiger partial charge in [-0.15, -0.1) is 0 Å². The van der Waals surface area contributed by atoms with Crippen molar-refractivity contribution >= 4 is 5.78 Å². The van der Waals surface area contributed by atoms with Gasteiger partial charge in [0.1, 0.15) is 0 Å². The second-order valence-electron chi connectivity index (χ2n) is 5.00. The minimum atomic E-state index is -0.0581. The van der Waals surface area contributed by atoms with Crippen LogP contribution in [0, 0.1) is 35.0 Å². The van der Waals surface area contributed by atoms with Gasteiger partial charge in [0.2, 0.25) is 5.78 Å². The molecule has 0 amide bonds. The van der Waals surface area contributed by atoms with E-state index in [1.165, 1.54) is 6.92 Å². The summed E-state index contributed by atoms with van der Waals surface area (Å²) in [5.74, 6) is 12.5. The van der Waals surface area contributed by atoms with Crippen molar-refractivity contribution in [3.63, 3.8) is 0 Å². The van der Waals surface area contributed by atoms with Gasteiger partial charge < -0.3 is 0 Å². The Morgan fingerprint density at radius 2 is 2.11 bits per heavy atom. The van der Waals surface area contributed by atoms with Crippen LogP contribution in [0.4, 0.5) is 0 Å². The topological polar surface area (TPSA) is 17.1 Å². The van der Waals surface area contributed by atoms with E-state index in [2.05, 4.69) is 30.6 Å². The van der Waals surface area contributed by atoms with Crippen LogP contribution in [0.2, 0.25) is 0 Å². The highest BCUT2D eigenvalue weighted by molar-refractivity contribution is 5.93. The summed E-state index contributed by atoms with van der Waals surface area (Å²) in [4.78, 5) is 10.8. The second kappa shape index (κ2) is 5.11. The Labute approximate surface area is 109 Å². The van der Waals surface area contributed by atoms with Crippen LogP contribution in [0.25, 0.3) is 0 Å². The van der Waals surface area contributed by atoms with E-state index < -0.39 is 0 Å². The average molecular weight is 236 g/mol. The molecule has 1 heteroatoms. The molecule has 0 unspecified atom stereocenters. The number of hydrogen-bond acceptors (Lipinski definition) is 1. The Hall–Kier alpha value is -1.99. The molecule has 0 N–H and O–H groups in total. The standard InChI is InChI=1S/C17H16O/c1-14(18)11-12-17(2)13-16(17)10-6-9-15-7-4-3-5-8-15/h3-5,7-8,16H,10,13H2,1-2H3/t16-,17+/m0/s1. The zero-order chi connectivity index (χ0) is 13.0. The third kappa shape index (κ3) is 3.25. The fraction of sp³-hybridized carbons (Fsp3) is 0.353. The maximum atomic E-state index is 10.8. The van der Waals surface area contributed by atoms with E-state index in [1.807, 2.05) is 30.3 Å². The molecule has 0 bridgehead atoms. The van der Waals surface area contributed by atoms with Crippen LogP contribution < -0.4 is 0 Å². The van der Waals surface area contributed by atoms with Gasteiger partial charge in [0.25, 0.3) is 0 Å². The molecule has 1 aromatic rings. The molecule has 1 saturated carbocycles. The molecule has 1 aliphatic carbocycles. The van der Waals surface area contributed by atoms with E-state index in [9.17, 15) is 4.79 Å². The molecule has 1 nitrogen and oxygen atoms in total. The normalized spacial score (nSPS) is 24.2. The Morgan fingerprint density at radius 3 is 2.78 bits per heavy atom. The highest BCUT2D eigenvalue weighted by atomic mass is 16.1. The van der Waals surface area contributed by atoms with Gasteiger partial charge in [-0.05, 0) is 37.3 Å². The summed E-state index contributed by atoms with van der Waals surface area (Å²) < 4.78 is 0. The zero-order valence-electron chi connectivity index (χ0n) is 10.8. The Kier molecular flexibility index (Phi) is 3.54. The number of carbonyl (C=O) groups is 1. The van der Waals surface area contributed by atoms with E-state index >= 15 is 0 Å². The van der Waals surface area contributed by atoms with Crippen molar-refractivity contribution in [3.05, 3.63) is 35.9 Å². The van der Waals surface area contributed by atoms with Crippen LogP contribution in [0.15, 0.2) is 30.3 Å². The number of carbonyl (C=O) groups excluding carboxylic acids is 1. The molecular weight excluding hydrogens is 220 g/mol. The molecule has 18 heavy (non-hydrogen) atoms. The smallest absolute Gasteiger partial charge is 0.202 e. The van der Waals surface area contributed by atoms with Gasteiger partial charge in [0.05, 0.1) is 0 Å². The van der Waals surface area contributed by atoms with Crippen LogP contribution >= 0.6 is 0 Å². The minimum absolute atomic E-state index is 0.0110. The molecule has 2 rings (SSSR count). The predicted molar refractivity (Wildman–Crippen MR) is 72.6 cm³/mol. The molecule has 0 aliphatic heterocycles. The summed E-state index contributed by atoms with van der Waals surface area (Å²) in [7, 11) is 0. The quantitative estimate of drug-likeness (QED) is 0.541. The summed E-state index contributed by atoms with van der Waals surface area (Å²) in [5.41, 5.74) is 1.06. The second-order valence-corrected chi connectivity index (χ2v) is 5.00. The summed E-state index contributed by atoms with van der Waals surface area (Å²) in [6, 6.07) is 9.98. The lowest BCUT2D eigenvalue weighted by molar-refractivity contribution is -0.111. The van der Waals surface area contributed by atoms with Gasteiger partial charge in [0, 0.05) is 24.3 Å². The number of ketones is 1. The number of hydrogen-bond donors (Lipinski definition) is 0. The first-order valence-corrected chi connectivity index (χ1v) is 6.18. The third-order valence-electron chi connectivity index (χ3n) is 3.29. The van der Waals surface area contributed by atoms with Crippen molar-refractivity contribution in [2.75, 3.05) is 0 Å². The summed E-state index contributed by atoms with van der Waals surface area (Å²) in [6.45, 7) is 3.61. The molecule has 0 radical (unpaired) electrons. The van der Waals surface area contributed by atoms with E-state index in [0.29, 0.717) is 5.92 Å². The predicted octanol–water partition coefficient (Wildman–Crippen LogP) is 3.05. The average Bonchev–Trinajstić information content (AvgIpc) is 3.00. The van der Waals surface area contributed by atoms with E-state index in [-0.39, 0.29) is 11.2 Å². The highest BCUT2D eigenvalue weighted by Gasteiger charge is 2.48. The number of benzene rings is 1. The lowest BCUT2D eigenvalue weighted by Crippen LogP contribution is -1.94. The summed E-state index contributed by atoms with van der Waals surface area (Å²) in [6.07, 6.45) is 1.91. The first-order valence-electron chi connectivity index (χ1n) is 6.18. The van der Waals surface area contributed by atoms with Crippen LogP contribution in [0.1, 0.15) is 32.3 Å². The van der Waals surface area contributed by atoms with Crippen molar-refractivity contribution in [2.24, 2.45) is 11.3 Å². The van der Waals surface area contributed by atoms with Crippen molar-refractivity contribution in [1.29, 1.82) is 0 Å². The largest absolute Gasteiger partial charge is 0.285 e. The Bertz CT molecular complexity index is 562. The highest BCUT2D eigenvalue weighted by Crippen LogP contribution is 2.53. The number of rotatable bonds is 1. The van der Waals surface area contributed by atoms with E-state index in [4.69, 9.17) is 0 Å². The monoisotopic (exact) mass is 236 g/mol. The van der Waals surface area contributed by atoms with Gasteiger partial charge >= 0.3 is 0 Å². The third-order valence-corrected chi connectivity index (χ3v) is 3.29. The van der Waals surface area contributed by atoms with E-state index in [1.54, 1.807) is 0 Å². The Balaban J connectivity index is 1.90. The van der Waals surface area contributed by atoms with Crippen molar-refractivity contribution < 1.29 is 4.79 Å². The van der Waals surface area contributed by atoms with Crippen LogP contribution in [-0.4, -0.2) is 5.78 Å². The maximum absolute atomic E-state index is 10.8. The Morgan fingerprint density at radius 1 is 1.39 bits per heavy atom. The molecule has 1 fully saturated rings. The summed E-state index contributed by atoms with van der Waals surface area (Å²) >= 11 is 0. The molecule has 1 aromatic carbocycles. The lowest BCUT2D eigenvalue weighted by atomic mass is 10.1. The molecule has 0 aromatic heterocycles. The fourth-order valence-electron chi connectivity index (χ4n) is 1.93. The molecule has 0 saturated heterocycles. The molecule has 90 valence electrons. The lowest BCUT2D eigenvalue weighted by Gasteiger charge is -1.97. The SMILES string of the molecule is CC(=O)C#C[C@]1(C)C[C@@H]1CC#Cc1ccccc1. The van der Waals surface area contributed by atoms with Gasteiger partial charge in [-0.1, -0.05) is 36.0 Å². The van der Waals surface area contributed by atoms with Gasteiger partial charge in [0.15, 0.2) is 0 Å². The molecule has 1 aliphatic rings. The van der Waals surface area contributed by atoms with Gasteiger partial charge in [-0.3, -0.25) is 4.79 Å². The molecule has 0 heterocycles. The molecule has 0 spiro atoms. The first kappa shape index (κ1) is 12.5. The van der Waals surface area contributed by atoms with Crippen molar-refractivity contribution in [3.8, 4) is 23.7 Å². The van der Waals surface area contributed by atoms with Crippen LogP contribution in [0.5, 0.6) is 0 Å². The van der Waals surface area contributed by atoms with Crippen molar-refractivity contribution in [2.45, 2.75) is 26.7 Å². The first-order chi connectivity index (χ1) is 8.60. The zero-order valence-corrected chi connectivity index (χ0v) is 10.8. The van der Waals surface area contributed by atoms with Gasteiger partial charge in [-0.2, -0.15) is 0 Å². The summed E-state index contributed by atoms with van der Waals surface area (Å²) in [5, 5.41) is 0. The fourth-order valence-corrected chi connectivity index (χ4v) is 1.93. The van der Waals surface area contributed by atoms with Crippen LogP contribution in [-0.2, 0) is 4.79 Å². The van der Waals surface area contributed by atoms with Crippen LogP contribution in [0.3, 0.4) is 0 Å². The number of Topliss-reactive ketones (excluding diaryl/α,β-unsaturated/α-hetero) is 1. The van der Waals surface area contributed by atoms with Gasteiger partial charge in [-0.25, -0.2) is 0 Å². The van der Waals surface area contributed by atoms with Crippen molar-refractivity contribution in [1.82, 2.24) is 0 Å². The molecule has 2 atom stereocenters. The van der Waals surface area contributed by atoms with E-state index in [0.717, 1.165) is 18.4 Å². The minimum Gasteiger partial charge on any atom is -0.285 e. The molecular formula is C17H16O.